The smallest absolute Gasteiger partial charge is 0.285 e. The Kier molecular flexibility index (Phi) is 4.37. The van der Waals surface area contributed by atoms with E-state index in [9.17, 15) is 8.42 Å². The first kappa shape index (κ1) is 16.0. The van der Waals surface area contributed by atoms with Gasteiger partial charge in [-0.2, -0.15) is 13.5 Å². The van der Waals surface area contributed by atoms with Crippen molar-refractivity contribution < 1.29 is 17.4 Å². The molecule has 22 heavy (non-hydrogen) atoms. The first-order valence-electron chi connectivity index (χ1n) is 7.96. The van der Waals surface area contributed by atoms with Crippen LogP contribution < -0.4 is 5.73 Å². The number of nitrogens with zero attached hydrogens (tertiary/aromatic N) is 2. The van der Waals surface area contributed by atoms with Gasteiger partial charge in [0.25, 0.3) is 16.5 Å². The zero-order valence-corrected chi connectivity index (χ0v) is 14.0. The van der Waals surface area contributed by atoms with Crippen LogP contribution in [0.5, 0.6) is 0 Å². The van der Waals surface area contributed by atoms with Crippen LogP contribution in [-0.4, -0.2) is 50.1 Å². The lowest BCUT2D eigenvalue weighted by molar-refractivity contribution is -0.116. The molecule has 0 amide bonds. The molecule has 1 fully saturated rings. The molecule has 8 heteroatoms. The molecule has 0 aromatic rings. The number of hydrogen-bond acceptors (Lipinski definition) is 7. The number of piperidine rings is 1. The number of hydroxylamine groups is 2. The lowest BCUT2D eigenvalue weighted by atomic mass is 9.79. The van der Waals surface area contributed by atoms with E-state index in [2.05, 4.69) is 11.8 Å². The Morgan fingerprint density at radius 1 is 1.41 bits per heavy atom. The minimum Gasteiger partial charge on any atom is -0.458 e. The largest absolute Gasteiger partial charge is 0.458 e. The van der Waals surface area contributed by atoms with Gasteiger partial charge < -0.3 is 4.74 Å². The standard InChI is InChI=1S/C14H25N3O4S/c1-3-6-16-7-4-5-10-8-12-13(9-11(10)16)20-14(15)17(12)21-22(2,18)19/h10-11,14H,3-9,15H2,1-2H3. The minimum absolute atomic E-state index is 0.470. The Morgan fingerprint density at radius 3 is 2.86 bits per heavy atom. The first-order chi connectivity index (χ1) is 10.4. The molecule has 3 aliphatic rings. The molecule has 3 unspecified atom stereocenters. The molecule has 1 saturated heterocycles. The highest BCUT2D eigenvalue weighted by molar-refractivity contribution is 7.85. The summed E-state index contributed by atoms with van der Waals surface area (Å²) < 4.78 is 33.5. The molecule has 1 aliphatic carbocycles. The van der Waals surface area contributed by atoms with Crippen molar-refractivity contribution in [2.45, 2.75) is 51.4 Å². The minimum atomic E-state index is -3.62. The Labute approximate surface area is 132 Å². The number of likely N-dealkylation sites (tertiary alicyclic amines) is 1. The molecular weight excluding hydrogens is 306 g/mol. The molecule has 3 rings (SSSR count). The Balaban J connectivity index is 1.80. The zero-order valence-electron chi connectivity index (χ0n) is 13.2. The Bertz CT molecular complexity index is 560. The quantitative estimate of drug-likeness (QED) is 0.821. The number of fused-ring (bicyclic) bond motifs is 1. The van der Waals surface area contributed by atoms with E-state index < -0.39 is 16.5 Å². The van der Waals surface area contributed by atoms with Gasteiger partial charge >= 0.3 is 0 Å². The predicted molar refractivity (Wildman–Crippen MR) is 81.5 cm³/mol. The van der Waals surface area contributed by atoms with Crippen molar-refractivity contribution in [3.8, 4) is 0 Å². The number of hydrogen-bond donors (Lipinski definition) is 1. The average Bonchev–Trinajstić information content (AvgIpc) is 2.72. The van der Waals surface area contributed by atoms with E-state index in [0.29, 0.717) is 12.0 Å². The van der Waals surface area contributed by atoms with Gasteiger partial charge in [-0.25, -0.2) is 0 Å². The van der Waals surface area contributed by atoms with Gasteiger partial charge in [0.1, 0.15) is 5.76 Å². The molecule has 0 saturated carbocycles. The molecular formula is C14H25N3O4S. The topological polar surface area (TPSA) is 85.1 Å². The maximum Gasteiger partial charge on any atom is 0.285 e. The van der Waals surface area contributed by atoms with Crippen LogP contribution in [0.4, 0.5) is 0 Å². The van der Waals surface area contributed by atoms with E-state index in [4.69, 9.17) is 14.8 Å². The van der Waals surface area contributed by atoms with Gasteiger partial charge in [0.2, 0.25) is 0 Å². The Morgan fingerprint density at radius 2 is 2.18 bits per heavy atom. The van der Waals surface area contributed by atoms with Gasteiger partial charge in [-0.3, -0.25) is 10.6 Å². The molecule has 2 aliphatic heterocycles. The van der Waals surface area contributed by atoms with E-state index >= 15 is 0 Å². The third-order valence-electron chi connectivity index (χ3n) is 4.69. The third-order valence-corrected chi connectivity index (χ3v) is 5.12. The fourth-order valence-electron chi connectivity index (χ4n) is 3.89. The molecule has 0 aromatic carbocycles. The highest BCUT2D eigenvalue weighted by atomic mass is 32.2. The summed E-state index contributed by atoms with van der Waals surface area (Å²) in [4.78, 5) is 2.53. The fraction of sp³-hybridized carbons (Fsp3) is 0.857. The van der Waals surface area contributed by atoms with Crippen LogP contribution in [0.15, 0.2) is 11.5 Å². The van der Waals surface area contributed by atoms with Crippen LogP contribution >= 0.6 is 0 Å². The lowest BCUT2D eigenvalue weighted by Gasteiger charge is -2.44. The van der Waals surface area contributed by atoms with Crippen molar-refractivity contribution in [3.05, 3.63) is 11.5 Å². The van der Waals surface area contributed by atoms with Gasteiger partial charge in [-0.15, -0.1) is 4.28 Å². The number of nitrogens with two attached hydrogens (primary N) is 1. The molecule has 7 nitrogen and oxygen atoms in total. The van der Waals surface area contributed by atoms with E-state index in [1.54, 1.807) is 0 Å². The normalized spacial score (nSPS) is 32.7. The summed E-state index contributed by atoms with van der Waals surface area (Å²) in [6, 6.07) is 0.470. The van der Waals surface area contributed by atoms with Gasteiger partial charge in [0.05, 0.1) is 12.0 Å². The Hall–Kier alpha value is -0.830. The monoisotopic (exact) mass is 331 g/mol. The van der Waals surface area contributed by atoms with Crippen LogP contribution in [0.3, 0.4) is 0 Å². The molecule has 3 atom stereocenters. The molecule has 2 heterocycles. The molecule has 0 bridgehead atoms. The second-order valence-electron chi connectivity index (χ2n) is 6.40. The SMILES string of the molecule is CCCN1CCCC2CC3=C(CC21)OC(N)N3OS(C)(=O)=O. The van der Waals surface area contributed by atoms with Crippen LogP contribution in [0, 0.1) is 5.92 Å². The lowest BCUT2D eigenvalue weighted by Crippen LogP contribution is -2.48. The van der Waals surface area contributed by atoms with E-state index in [1.165, 1.54) is 11.5 Å². The maximum absolute atomic E-state index is 11.4. The van der Waals surface area contributed by atoms with E-state index in [0.717, 1.165) is 56.5 Å². The summed E-state index contributed by atoms with van der Waals surface area (Å²) in [6.45, 7) is 4.42. The summed E-state index contributed by atoms with van der Waals surface area (Å²) >= 11 is 0. The van der Waals surface area contributed by atoms with Gasteiger partial charge in [-0.05, 0) is 44.7 Å². The predicted octanol–water partition coefficient (Wildman–Crippen LogP) is 0.948. The van der Waals surface area contributed by atoms with Crippen molar-refractivity contribution >= 4 is 10.1 Å². The van der Waals surface area contributed by atoms with E-state index in [1.807, 2.05) is 0 Å². The molecule has 126 valence electrons. The molecule has 0 spiro atoms. The van der Waals surface area contributed by atoms with E-state index in [-0.39, 0.29) is 0 Å². The second kappa shape index (κ2) is 5.99. The van der Waals surface area contributed by atoms with Crippen molar-refractivity contribution in [2.75, 3.05) is 19.3 Å². The number of rotatable bonds is 4. The van der Waals surface area contributed by atoms with Crippen LogP contribution in [0.25, 0.3) is 0 Å². The van der Waals surface area contributed by atoms with Gasteiger partial charge in [0.15, 0.2) is 0 Å². The summed E-state index contributed by atoms with van der Waals surface area (Å²) in [5.74, 6) is 1.30. The van der Waals surface area contributed by atoms with Crippen molar-refractivity contribution in [3.63, 3.8) is 0 Å². The highest BCUT2D eigenvalue weighted by Gasteiger charge is 2.44. The molecule has 2 N–H and O–H groups in total. The van der Waals surface area contributed by atoms with Crippen molar-refractivity contribution in [1.82, 2.24) is 9.96 Å². The molecule has 0 radical (unpaired) electrons. The van der Waals surface area contributed by atoms with Gasteiger partial charge in [0, 0.05) is 12.5 Å². The highest BCUT2D eigenvalue weighted by Crippen LogP contribution is 2.43. The van der Waals surface area contributed by atoms with Crippen LogP contribution in [0.1, 0.15) is 39.0 Å². The molecule has 0 aromatic heterocycles. The maximum atomic E-state index is 11.4. The third kappa shape index (κ3) is 3.10. The summed E-state index contributed by atoms with van der Waals surface area (Å²) in [6.07, 6.45) is 5.18. The summed E-state index contributed by atoms with van der Waals surface area (Å²) in [7, 11) is -3.62. The number of ether oxygens (including phenoxy) is 1. The average molecular weight is 331 g/mol. The summed E-state index contributed by atoms with van der Waals surface area (Å²) in [5, 5.41) is 1.24. The van der Waals surface area contributed by atoms with Crippen LogP contribution in [-0.2, 0) is 19.1 Å². The zero-order chi connectivity index (χ0) is 15.9. The van der Waals surface area contributed by atoms with Gasteiger partial charge in [-0.1, -0.05) is 6.92 Å². The van der Waals surface area contributed by atoms with Crippen molar-refractivity contribution in [2.24, 2.45) is 11.7 Å². The fourth-order valence-corrected chi connectivity index (χ4v) is 4.36. The second-order valence-corrected chi connectivity index (χ2v) is 7.95. The van der Waals surface area contributed by atoms with Crippen LogP contribution in [0.2, 0.25) is 0 Å². The number of allylic oxidation sites excluding steroid dienone is 1. The summed E-state index contributed by atoms with van der Waals surface area (Å²) in [5.41, 5.74) is 6.69. The van der Waals surface area contributed by atoms with Crippen molar-refractivity contribution in [1.29, 1.82) is 0 Å². The first-order valence-corrected chi connectivity index (χ1v) is 9.78.